The second kappa shape index (κ2) is 3.46. The Kier molecular flexibility index (Phi) is 2.30. The van der Waals surface area contributed by atoms with Crippen LogP contribution < -0.4 is 0 Å². The minimum absolute atomic E-state index is 0.334. The molecular formula is C12H12OS. The quantitative estimate of drug-likeness (QED) is 0.750. The van der Waals surface area contributed by atoms with Gasteiger partial charge in [-0.2, -0.15) is 0 Å². The zero-order chi connectivity index (χ0) is 10.1. The summed E-state index contributed by atoms with van der Waals surface area (Å²) in [6.07, 6.45) is 0. The number of hydrogen-bond donors (Lipinski definition) is 1. The molecule has 0 spiro atoms. The average molecular weight is 204 g/mol. The highest BCUT2D eigenvalue weighted by Crippen LogP contribution is 2.32. The van der Waals surface area contributed by atoms with Crippen molar-refractivity contribution in [2.75, 3.05) is 0 Å². The molecule has 0 aliphatic heterocycles. The van der Waals surface area contributed by atoms with E-state index in [1.54, 1.807) is 23.5 Å². The van der Waals surface area contributed by atoms with E-state index in [0.717, 1.165) is 5.56 Å². The summed E-state index contributed by atoms with van der Waals surface area (Å²) in [7, 11) is 0. The highest BCUT2D eigenvalue weighted by molar-refractivity contribution is 7.13. The predicted molar refractivity (Wildman–Crippen MR) is 60.9 cm³/mol. The first-order valence-electron chi connectivity index (χ1n) is 4.52. The van der Waals surface area contributed by atoms with Crippen molar-refractivity contribution in [2.24, 2.45) is 0 Å². The van der Waals surface area contributed by atoms with Crippen LogP contribution in [0.4, 0.5) is 0 Å². The van der Waals surface area contributed by atoms with Crippen molar-refractivity contribution in [3.63, 3.8) is 0 Å². The third kappa shape index (κ3) is 1.53. The molecule has 1 aromatic carbocycles. The van der Waals surface area contributed by atoms with E-state index < -0.39 is 0 Å². The lowest BCUT2D eigenvalue weighted by atomic mass is 10.0. The fraction of sp³-hybridized carbons (Fsp3) is 0.167. The minimum atomic E-state index is 0.334. The summed E-state index contributed by atoms with van der Waals surface area (Å²) in [5.74, 6) is 0.334. The number of aryl methyl sites for hydroxylation is 2. The predicted octanol–water partition coefficient (Wildman–Crippen LogP) is 3.74. The summed E-state index contributed by atoms with van der Waals surface area (Å²) in [6, 6.07) is 7.63. The Balaban J connectivity index is 2.58. The maximum absolute atomic E-state index is 9.31. The van der Waals surface area contributed by atoms with Gasteiger partial charge in [-0.15, -0.1) is 11.3 Å². The van der Waals surface area contributed by atoms with Crippen molar-refractivity contribution in [3.8, 4) is 16.2 Å². The minimum Gasteiger partial charge on any atom is -0.508 e. The van der Waals surface area contributed by atoms with E-state index in [9.17, 15) is 5.11 Å². The molecule has 0 atom stereocenters. The largest absolute Gasteiger partial charge is 0.508 e. The number of thiophene rings is 1. The molecule has 0 saturated carbocycles. The van der Waals surface area contributed by atoms with Gasteiger partial charge in [0.15, 0.2) is 0 Å². The van der Waals surface area contributed by atoms with Gasteiger partial charge < -0.3 is 5.11 Å². The molecule has 2 heteroatoms. The Morgan fingerprint density at radius 2 is 1.86 bits per heavy atom. The standard InChI is InChI=1S/C12H12OS/c1-8-5-6-14-12(8)11-4-3-10(13)7-9(11)2/h3-7,13H,1-2H3. The van der Waals surface area contributed by atoms with Gasteiger partial charge >= 0.3 is 0 Å². The van der Waals surface area contributed by atoms with Crippen LogP contribution in [0.2, 0.25) is 0 Å². The molecule has 1 aromatic heterocycles. The molecular weight excluding hydrogens is 192 g/mol. The van der Waals surface area contributed by atoms with E-state index in [2.05, 4.69) is 18.4 Å². The van der Waals surface area contributed by atoms with Gasteiger partial charge in [0.2, 0.25) is 0 Å². The van der Waals surface area contributed by atoms with Crippen molar-refractivity contribution in [1.29, 1.82) is 0 Å². The number of hydrogen-bond acceptors (Lipinski definition) is 2. The van der Waals surface area contributed by atoms with Crippen molar-refractivity contribution in [3.05, 3.63) is 40.8 Å². The lowest BCUT2D eigenvalue weighted by Gasteiger charge is -2.05. The third-order valence-electron chi connectivity index (χ3n) is 2.32. The summed E-state index contributed by atoms with van der Waals surface area (Å²) < 4.78 is 0. The van der Waals surface area contributed by atoms with Gasteiger partial charge in [-0.1, -0.05) is 0 Å². The first kappa shape index (κ1) is 9.28. The first-order valence-corrected chi connectivity index (χ1v) is 5.40. The fourth-order valence-corrected chi connectivity index (χ4v) is 2.57. The van der Waals surface area contributed by atoms with Crippen LogP contribution in [-0.2, 0) is 0 Å². The normalized spacial score (nSPS) is 10.4. The lowest BCUT2D eigenvalue weighted by Crippen LogP contribution is -1.81. The molecule has 0 aliphatic rings. The molecule has 0 aliphatic carbocycles. The molecule has 0 bridgehead atoms. The Bertz CT molecular complexity index is 457. The first-order chi connectivity index (χ1) is 6.68. The Labute approximate surface area is 87.7 Å². The maximum Gasteiger partial charge on any atom is 0.115 e. The van der Waals surface area contributed by atoms with Crippen molar-refractivity contribution in [1.82, 2.24) is 0 Å². The second-order valence-electron chi connectivity index (χ2n) is 3.43. The van der Waals surface area contributed by atoms with Crippen LogP contribution >= 0.6 is 11.3 Å². The van der Waals surface area contributed by atoms with Gasteiger partial charge in [-0.05, 0) is 60.2 Å². The molecule has 1 heterocycles. The lowest BCUT2D eigenvalue weighted by molar-refractivity contribution is 0.475. The highest BCUT2D eigenvalue weighted by atomic mass is 32.1. The summed E-state index contributed by atoms with van der Waals surface area (Å²) in [5.41, 5.74) is 3.63. The summed E-state index contributed by atoms with van der Waals surface area (Å²) in [5, 5.41) is 11.4. The molecule has 72 valence electrons. The van der Waals surface area contributed by atoms with Gasteiger partial charge in [0.05, 0.1) is 0 Å². The molecule has 2 rings (SSSR count). The molecule has 0 saturated heterocycles. The van der Waals surface area contributed by atoms with E-state index in [1.807, 2.05) is 13.0 Å². The van der Waals surface area contributed by atoms with Crippen LogP contribution in [-0.4, -0.2) is 5.11 Å². The van der Waals surface area contributed by atoms with Crippen LogP contribution in [0.1, 0.15) is 11.1 Å². The van der Waals surface area contributed by atoms with Crippen molar-refractivity contribution in [2.45, 2.75) is 13.8 Å². The number of aromatic hydroxyl groups is 1. The number of benzene rings is 1. The van der Waals surface area contributed by atoms with Gasteiger partial charge in [-0.3, -0.25) is 0 Å². The Morgan fingerprint density at radius 3 is 2.43 bits per heavy atom. The van der Waals surface area contributed by atoms with Gasteiger partial charge in [0.1, 0.15) is 5.75 Å². The summed E-state index contributed by atoms with van der Waals surface area (Å²) >= 11 is 1.74. The van der Waals surface area contributed by atoms with Crippen LogP contribution in [0.5, 0.6) is 5.75 Å². The number of phenolic OH excluding ortho intramolecular Hbond substituents is 1. The van der Waals surface area contributed by atoms with Gasteiger partial charge in [0.25, 0.3) is 0 Å². The smallest absolute Gasteiger partial charge is 0.115 e. The van der Waals surface area contributed by atoms with Crippen LogP contribution in [0.3, 0.4) is 0 Å². The second-order valence-corrected chi connectivity index (χ2v) is 4.35. The van der Waals surface area contributed by atoms with Gasteiger partial charge in [-0.25, -0.2) is 0 Å². The third-order valence-corrected chi connectivity index (χ3v) is 3.37. The molecule has 0 amide bonds. The monoisotopic (exact) mass is 204 g/mol. The molecule has 1 N–H and O–H groups in total. The Hall–Kier alpha value is -1.28. The van der Waals surface area contributed by atoms with Crippen LogP contribution in [0.25, 0.3) is 10.4 Å². The average Bonchev–Trinajstić information content (AvgIpc) is 2.52. The summed E-state index contributed by atoms with van der Waals surface area (Å²) in [4.78, 5) is 1.29. The number of phenols is 1. The van der Waals surface area contributed by atoms with Gasteiger partial charge in [0, 0.05) is 4.88 Å². The van der Waals surface area contributed by atoms with Crippen LogP contribution in [0, 0.1) is 13.8 Å². The molecule has 0 radical (unpaired) electrons. The molecule has 0 unspecified atom stereocenters. The Morgan fingerprint density at radius 1 is 1.07 bits per heavy atom. The highest BCUT2D eigenvalue weighted by Gasteiger charge is 2.06. The summed E-state index contributed by atoms with van der Waals surface area (Å²) in [6.45, 7) is 4.13. The molecule has 14 heavy (non-hydrogen) atoms. The molecule has 1 nitrogen and oxygen atoms in total. The molecule has 2 aromatic rings. The number of rotatable bonds is 1. The SMILES string of the molecule is Cc1cc(O)ccc1-c1sccc1C. The van der Waals surface area contributed by atoms with E-state index in [0.29, 0.717) is 5.75 Å². The van der Waals surface area contributed by atoms with Crippen molar-refractivity contribution < 1.29 is 5.11 Å². The van der Waals surface area contributed by atoms with E-state index >= 15 is 0 Å². The topological polar surface area (TPSA) is 20.2 Å². The zero-order valence-corrected chi connectivity index (χ0v) is 9.06. The fourth-order valence-electron chi connectivity index (χ4n) is 1.55. The maximum atomic E-state index is 9.31. The van der Waals surface area contributed by atoms with Crippen LogP contribution in [0.15, 0.2) is 29.6 Å². The van der Waals surface area contributed by atoms with E-state index in [1.165, 1.54) is 16.0 Å². The van der Waals surface area contributed by atoms with E-state index in [-0.39, 0.29) is 0 Å². The van der Waals surface area contributed by atoms with E-state index in [4.69, 9.17) is 0 Å². The van der Waals surface area contributed by atoms with Crippen molar-refractivity contribution >= 4 is 11.3 Å². The molecule has 0 fully saturated rings. The zero-order valence-electron chi connectivity index (χ0n) is 8.24.